The van der Waals surface area contributed by atoms with Gasteiger partial charge in [-0.3, -0.25) is 4.18 Å². The van der Waals surface area contributed by atoms with Crippen LogP contribution in [-0.4, -0.2) is 25.1 Å². The van der Waals surface area contributed by atoms with Gasteiger partial charge in [-0.2, -0.15) is 8.42 Å². The number of nitrogens with zero attached hydrogens (tertiary/aromatic N) is 1. The van der Waals surface area contributed by atoms with Gasteiger partial charge in [0.1, 0.15) is 11.5 Å². The van der Waals surface area contributed by atoms with Crippen molar-refractivity contribution in [2.24, 2.45) is 0 Å². The highest BCUT2D eigenvalue weighted by Crippen LogP contribution is 2.46. The molecule has 0 radical (unpaired) electrons. The van der Waals surface area contributed by atoms with Crippen molar-refractivity contribution in [1.82, 2.24) is 4.98 Å². The van der Waals surface area contributed by atoms with Crippen LogP contribution < -0.4 is 0 Å². The normalized spacial score (nSPS) is 13.2. The van der Waals surface area contributed by atoms with Crippen LogP contribution >= 0.6 is 11.8 Å². The molecule has 0 saturated heterocycles. The summed E-state index contributed by atoms with van der Waals surface area (Å²) in [6, 6.07) is 10.7. The molecule has 1 N–H and O–H groups in total. The summed E-state index contributed by atoms with van der Waals surface area (Å²) in [5.41, 5.74) is 3.00. The van der Waals surface area contributed by atoms with Gasteiger partial charge < -0.3 is 9.52 Å². The van der Waals surface area contributed by atoms with E-state index in [1.165, 1.54) is 0 Å². The highest BCUT2D eigenvalue weighted by Gasteiger charge is 2.32. The van der Waals surface area contributed by atoms with Crippen LogP contribution in [-0.2, 0) is 36.3 Å². The average Bonchev–Trinajstić information content (AvgIpc) is 3.15. The van der Waals surface area contributed by atoms with Gasteiger partial charge >= 0.3 is 0 Å². The summed E-state index contributed by atoms with van der Waals surface area (Å²) in [6.07, 6.45) is 0.308. The summed E-state index contributed by atoms with van der Waals surface area (Å²) in [5.74, 6) is 1.54. The zero-order valence-electron chi connectivity index (χ0n) is 24.2. The maximum Gasteiger partial charge on any atom is 0.296 e. The van der Waals surface area contributed by atoms with E-state index in [9.17, 15) is 13.5 Å². The van der Waals surface area contributed by atoms with Crippen molar-refractivity contribution >= 4 is 21.9 Å². The molecule has 1 aromatic heterocycles. The number of aromatic hydroxyl groups is 1. The molecule has 208 valence electrons. The molecule has 0 spiro atoms. The second-order valence-electron chi connectivity index (χ2n) is 12.3. The molecular weight excluding hydrogens is 518 g/mol. The minimum Gasteiger partial charge on any atom is -0.507 e. The van der Waals surface area contributed by atoms with E-state index in [1.54, 1.807) is 36.0 Å². The van der Waals surface area contributed by atoms with Gasteiger partial charge in [-0.1, -0.05) is 59.2 Å². The lowest BCUT2D eigenvalue weighted by Gasteiger charge is -2.29. The molecule has 0 fully saturated rings. The lowest BCUT2D eigenvalue weighted by molar-refractivity contribution is 0.320. The lowest BCUT2D eigenvalue weighted by Crippen LogP contribution is -2.18. The zero-order valence-corrected chi connectivity index (χ0v) is 25.9. The van der Waals surface area contributed by atoms with Crippen LogP contribution in [0.1, 0.15) is 89.4 Å². The number of benzene rings is 2. The number of oxazole rings is 1. The molecule has 38 heavy (non-hydrogen) atoms. The lowest BCUT2D eigenvalue weighted by atomic mass is 9.79. The van der Waals surface area contributed by atoms with Gasteiger partial charge in [0, 0.05) is 22.4 Å². The van der Waals surface area contributed by atoms with Crippen molar-refractivity contribution in [3.63, 3.8) is 0 Å². The standard InChI is InChI=1S/C30H41NO5S2/c1-19-11-13-22(14-12-19)38(33,34)35-16-15-25-20(2)36-27(31-25)30(9,10)37-21-17-23(28(3,4)5)26(32)24(18-21)29(6,7)8/h11-14,17-18,32H,15-16H2,1-10H3. The maximum absolute atomic E-state index is 12.5. The van der Waals surface area contributed by atoms with Gasteiger partial charge in [0.25, 0.3) is 10.1 Å². The van der Waals surface area contributed by atoms with Gasteiger partial charge in [-0.05, 0) is 62.8 Å². The first kappa shape index (κ1) is 30.3. The topological polar surface area (TPSA) is 89.6 Å². The van der Waals surface area contributed by atoms with Gasteiger partial charge in [0.2, 0.25) is 5.89 Å². The quantitative estimate of drug-likeness (QED) is 0.225. The molecule has 0 saturated carbocycles. The number of rotatable bonds is 8. The van der Waals surface area contributed by atoms with Crippen LogP contribution in [0, 0.1) is 13.8 Å². The van der Waals surface area contributed by atoms with Crippen LogP contribution in [0.2, 0.25) is 0 Å². The highest BCUT2D eigenvalue weighted by atomic mass is 32.2. The van der Waals surface area contributed by atoms with Crippen molar-refractivity contribution < 1.29 is 22.1 Å². The van der Waals surface area contributed by atoms with Gasteiger partial charge in [0.05, 0.1) is 21.9 Å². The Labute approximate surface area is 232 Å². The number of thioether (sulfide) groups is 1. The third-order valence-corrected chi connectivity index (χ3v) is 8.85. The fraction of sp³-hybridized carbons (Fsp3) is 0.500. The first-order chi connectivity index (χ1) is 17.3. The fourth-order valence-corrected chi connectivity index (χ4v) is 6.11. The van der Waals surface area contributed by atoms with E-state index in [0.717, 1.165) is 21.6 Å². The zero-order chi connectivity index (χ0) is 28.7. The second-order valence-corrected chi connectivity index (χ2v) is 15.7. The van der Waals surface area contributed by atoms with E-state index in [-0.39, 0.29) is 22.3 Å². The smallest absolute Gasteiger partial charge is 0.296 e. The third-order valence-electron chi connectivity index (χ3n) is 6.37. The number of hydrogen-bond donors (Lipinski definition) is 1. The summed E-state index contributed by atoms with van der Waals surface area (Å²) < 4.78 is 35.9. The summed E-state index contributed by atoms with van der Waals surface area (Å²) in [7, 11) is -3.84. The van der Waals surface area contributed by atoms with E-state index in [0.29, 0.717) is 29.5 Å². The van der Waals surface area contributed by atoms with E-state index in [2.05, 4.69) is 53.7 Å². The van der Waals surface area contributed by atoms with Gasteiger partial charge in [-0.15, -0.1) is 11.8 Å². The highest BCUT2D eigenvalue weighted by molar-refractivity contribution is 8.00. The number of hydrogen-bond acceptors (Lipinski definition) is 7. The molecule has 6 nitrogen and oxygen atoms in total. The van der Waals surface area contributed by atoms with E-state index < -0.39 is 14.9 Å². The minimum absolute atomic E-state index is 0.0293. The molecular formula is C30H41NO5S2. The first-order valence-electron chi connectivity index (χ1n) is 12.8. The van der Waals surface area contributed by atoms with Crippen LogP contribution in [0.5, 0.6) is 5.75 Å². The van der Waals surface area contributed by atoms with Crippen LogP contribution in [0.3, 0.4) is 0 Å². The van der Waals surface area contributed by atoms with Crippen molar-refractivity contribution in [1.29, 1.82) is 0 Å². The molecule has 1 heterocycles. The Balaban J connectivity index is 1.81. The summed E-state index contributed by atoms with van der Waals surface area (Å²) in [6.45, 7) is 20.4. The first-order valence-corrected chi connectivity index (χ1v) is 15.0. The Morgan fingerprint density at radius 2 is 1.45 bits per heavy atom. The van der Waals surface area contributed by atoms with Gasteiger partial charge in [0.15, 0.2) is 0 Å². The predicted molar refractivity (Wildman–Crippen MR) is 154 cm³/mol. The Bertz CT molecular complexity index is 1350. The molecule has 0 amide bonds. The van der Waals surface area contributed by atoms with Crippen LogP contribution in [0.15, 0.2) is 50.6 Å². The minimum atomic E-state index is -3.84. The number of aryl methyl sites for hydroxylation is 2. The van der Waals surface area contributed by atoms with Gasteiger partial charge in [-0.25, -0.2) is 4.98 Å². The Hall–Kier alpha value is -2.29. The van der Waals surface area contributed by atoms with Crippen LogP contribution in [0.25, 0.3) is 0 Å². The molecule has 0 aliphatic rings. The number of phenols is 1. The molecule has 0 atom stereocenters. The molecule has 8 heteroatoms. The summed E-state index contributed by atoms with van der Waals surface area (Å²) in [5, 5.41) is 11.1. The summed E-state index contributed by atoms with van der Waals surface area (Å²) in [4.78, 5) is 5.89. The predicted octanol–water partition coefficient (Wildman–Crippen LogP) is 7.57. The molecule has 0 aliphatic heterocycles. The molecule has 0 bridgehead atoms. The number of phenolic OH excluding ortho intramolecular Hbond substituents is 1. The Morgan fingerprint density at radius 3 is 1.95 bits per heavy atom. The second kappa shape index (κ2) is 10.7. The van der Waals surface area contributed by atoms with E-state index in [4.69, 9.17) is 13.6 Å². The molecule has 3 aromatic rings. The third kappa shape index (κ3) is 7.01. The van der Waals surface area contributed by atoms with Crippen molar-refractivity contribution in [3.8, 4) is 5.75 Å². The van der Waals surface area contributed by atoms with Crippen molar-refractivity contribution in [3.05, 3.63) is 70.4 Å². The number of aromatic nitrogens is 1. The SMILES string of the molecule is Cc1ccc(S(=O)(=O)OCCc2nc(C(C)(C)Sc3cc(C(C)(C)C)c(O)c(C(C)(C)C)c3)oc2C)cc1. The van der Waals surface area contributed by atoms with Crippen molar-refractivity contribution in [2.45, 2.75) is 101 Å². The monoisotopic (exact) mass is 559 g/mol. The maximum atomic E-state index is 12.5. The molecule has 3 rings (SSSR count). The molecule has 2 aromatic carbocycles. The Kier molecular flexibility index (Phi) is 8.52. The fourth-order valence-electron chi connectivity index (χ4n) is 4.09. The van der Waals surface area contributed by atoms with E-state index >= 15 is 0 Å². The van der Waals surface area contributed by atoms with Crippen LogP contribution in [0.4, 0.5) is 0 Å². The van der Waals surface area contributed by atoms with E-state index in [1.807, 2.05) is 27.7 Å². The largest absolute Gasteiger partial charge is 0.507 e. The molecule has 0 aliphatic carbocycles. The average molecular weight is 560 g/mol. The Morgan fingerprint density at radius 1 is 0.921 bits per heavy atom. The molecule has 0 unspecified atom stereocenters. The summed E-state index contributed by atoms with van der Waals surface area (Å²) >= 11 is 1.62. The van der Waals surface area contributed by atoms with Crippen molar-refractivity contribution in [2.75, 3.05) is 6.61 Å².